The highest BCUT2D eigenvalue weighted by molar-refractivity contribution is 7.14. The molecule has 2 aromatic carbocycles. The van der Waals surface area contributed by atoms with Gasteiger partial charge in [-0.2, -0.15) is 0 Å². The van der Waals surface area contributed by atoms with E-state index in [0.29, 0.717) is 17.3 Å². The number of methoxy groups -OCH3 is 2. The molecule has 0 atom stereocenters. The van der Waals surface area contributed by atoms with Crippen molar-refractivity contribution < 1.29 is 14.3 Å². The Balaban J connectivity index is 1.45. The molecular weight excluding hydrogens is 372 g/mol. The molecule has 144 valence electrons. The molecule has 1 amide bonds. The van der Waals surface area contributed by atoms with Crippen molar-refractivity contribution in [3.8, 4) is 22.8 Å². The van der Waals surface area contributed by atoms with Crippen LogP contribution in [0.5, 0.6) is 11.5 Å². The Bertz CT molecular complexity index is 1010. The fourth-order valence-electron chi connectivity index (χ4n) is 3.55. The Morgan fingerprint density at radius 1 is 1.11 bits per heavy atom. The van der Waals surface area contributed by atoms with Crippen molar-refractivity contribution in [2.75, 3.05) is 19.5 Å². The molecule has 0 saturated carbocycles. The van der Waals surface area contributed by atoms with Crippen LogP contribution in [0.1, 0.15) is 23.1 Å². The topological polar surface area (TPSA) is 60.5 Å². The van der Waals surface area contributed by atoms with E-state index in [4.69, 9.17) is 9.47 Å². The summed E-state index contributed by atoms with van der Waals surface area (Å²) in [6, 6.07) is 12.0. The second-order valence-electron chi connectivity index (χ2n) is 6.79. The first kappa shape index (κ1) is 18.5. The molecule has 0 saturated heterocycles. The lowest BCUT2D eigenvalue weighted by Crippen LogP contribution is -2.14. The molecule has 0 bridgehead atoms. The number of nitrogens with zero attached hydrogens (tertiary/aromatic N) is 1. The van der Waals surface area contributed by atoms with Crippen LogP contribution in [0, 0.1) is 0 Å². The number of anilines is 1. The van der Waals surface area contributed by atoms with E-state index in [0.717, 1.165) is 35.4 Å². The van der Waals surface area contributed by atoms with Crippen LogP contribution in [0.25, 0.3) is 11.3 Å². The second-order valence-corrected chi connectivity index (χ2v) is 7.64. The predicted octanol–water partition coefficient (Wildman–Crippen LogP) is 4.50. The van der Waals surface area contributed by atoms with Gasteiger partial charge in [0.05, 0.1) is 26.3 Å². The molecule has 0 radical (unpaired) electrons. The molecule has 1 aliphatic rings. The summed E-state index contributed by atoms with van der Waals surface area (Å²) in [5.41, 5.74) is 5.47. The summed E-state index contributed by atoms with van der Waals surface area (Å²) >= 11 is 1.40. The van der Waals surface area contributed by atoms with E-state index in [9.17, 15) is 4.79 Å². The van der Waals surface area contributed by atoms with Crippen molar-refractivity contribution >= 4 is 22.4 Å². The Kier molecular flexibility index (Phi) is 5.30. The van der Waals surface area contributed by atoms with Crippen LogP contribution in [-0.4, -0.2) is 25.1 Å². The monoisotopic (exact) mass is 394 g/mol. The summed E-state index contributed by atoms with van der Waals surface area (Å²) in [7, 11) is 3.23. The molecule has 1 heterocycles. The molecular formula is C22H22N2O3S. The first-order chi connectivity index (χ1) is 13.7. The van der Waals surface area contributed by atoms with Crippen LogP contribution in [0.15, 0.2) is 41.8 Å². The lowest BCUT2D eigenvalue weighted by atomic mass is 10.0. The number of hydrogen-bond acceptors (Lipinski definition) is 5. The van der Waals surface area contributed by atoms with Gasteiger partial charge in [0.15, 0.2) is 5.13 Å². The first-order valence-corrected chi connectivity index (χ1v) is 10.1. The highest BCUT2D eigenvalue weighted by Crippen LogP contribution is 2.34. The molecule has 5 nitrogen and oxygen atoms in total. The van der Waals surface area contributed by atoms with Crippen LogP contribution >= 0.6 is 11.3 Å². The highest BCUT2D eigenvalue weighted by Gasteiger charge is 2.15. The lowest BCUT2D eigenvalue weighted by Gasteiger charge is -2.08. The summed E-state index contributed by atoms with van der Waals surface area (Å²) in [5.74, 6) is 1.35. The van der Waals surface area contributed by atoms with Gasteiger partial charge >= 0.3 is 0 Å². The SMILES string of the molecule is COc1ccc(-c2csc(NC(=O)Cc3ccc4c(c3)CCC4)n2)c(OC)c1. The van der Waals surface area contributed by atoms with Gasteiger partial charge < -0.3 is 14.8 Å². The molecule has 0 unspecified atom stereocenters. The molecule has 6 heteroatoms. The number of aromatic nitrogens is 1. The quantitative estimate of drug-likeness (QED) is 0.669. The number of amides is 1. The number of aryl methyl sites for hydroxylation is 2. The zero-order valence-corrected chi connectivity index (χ0v) is 16.8. The summed E-state index contributed by atoms with van der Waals surface area (Å²) < 4.78 is 10.7. The van der Waals surface area contributed by atoms with Crippen molar-refractivity contribution in [3.05, 3.63) is 58.5 Å². The number of fused-ring (bicyclic) bond motifs is 1. The molecule has 1 aromatic heterocycles. The minimum absolute atomic E-state index is 0.0551. The maximum atomic E-state index is 12.4. The number of thiazole rings is 1. The fourth-order valence-corrected chi connectivity index (χ4v) is 4.28. The zero-order valence-electron chi connectivity index (χ0n) is 16.0. The fraction of sp³-hybridized carbons (Fsp3) is 0.273. The average molecular weight is 394 g/mol. The summed E-state index contributed by atoms with van der Waals surface area (Å²) in [6.07, 6.45) is 3.83. The number of hydrogen-bond donors (Lipinski definition) is 1. The van der Waals surface area contributed by atoms with Crippen LogP contribution < -0.4 is 14.8 Å². The molecule has 1 aliphatic carbocycles. The van der Waals surface area contributed by atoms with Crippen molar-refractivity contribution in [1.82, 2.24) is 4.98 Å². The van der Waals surface area contributed by atoms with Crippen LogP contribution in [0.2, 0.25) is 0 Å². The van der Waals surface area contributed by atoms with Gasteiger partial charge in [0.25, 0.3) is 0 Å². The third kappa shape index (κ3) is 3.87. The molecule has 28 heavy (non-hydrogen) atoms. The maximum absolute atomic E-state index is 12.4. The van der Waals surface area contributed by atoms with Gasteiger partial charge in [-0.25, -0.2) is 4.98 Å². The first-order valence-electron chi connectivity index (χ1n) is 9.24. The van der Waals surface area contributed by atoms with Gasteiger partial charge in [0.1, 0.15) is 11.5 Å². The van der Waals surface area contributed by atoms with E-state index in [-0.39, 0.29) is 5.91 Å². The number of nitrogens with one attached hydrogen (secondary N) is 1. The minimum atomic E-state index is -0.0551. The zero-order chi connectivity index (χ0) is 19.5. The van der Waals surface area contributed by atoms with Crippen LogP contribution in [0.4, 0.5) is 5.13 Å². The largest absolute Gasteiger partial charge is 0.497 e. The van der Waals surface area contributed by atoms with E-state index in [1.807, 2.05) is 23.6 Å². The predicted molar refractivity (Wildman–Crippen MR) is 111 cm³/mol. The van der Waals surface area contributed by atoms with Crippen molar-refractivity contribution in [2.24, 2.45) is 0 Å². The number of benzene rings is 2. The van der Waals surface area contributed by atoms with E-state index in [1.54, 1.807) is 14.2 Å². The molecule has 0 aliphatic heterocycles. The Labute approximate surface area is 168 Å². The molecule has 1 N–H and O–H groups in total. The molecule has 4 rings (SSSR count). The van der Waals surface area contributed by atoms with E-state index in [2.05, 4.69) is 28.5 Å². The van der Waals surface area contributed by atoms with Gasteiger partial charge in [-0.1, -0.05) is 18.2 Å². The lowest BCUT2D eigenvalue weighted by molar-refractivity contribution is -0.115. The molecule has 0 fully saturated rings. The van der Waals surface area contributed by atoms with Crippen molar-refractivity contribution in [3.63, 3.8) is 0 Å². The van der Waals surface area contributed by atoms with E-state index >= 15 is 0 Å². The average Bonchev–Trinajstić information content (AvgIpc) is 3.36. The van der Waals surface area contributed by atoms with E-state index < -0.39 is 0 Å². The molecule has 3 aromatic rings. The van der Waals surface area contributed by atoms with E-state index in [1.165, 1.54) is 28.9 Å². The Morgan fingerprint density at radius 3 is 2.79 bits per heavy atom. The van der Waals surface area contributed by atoms with Crippen LogP contribution in [-0.2, 0) is 24.1 Å². The Morgan fingerprint density at radius 2 is 1.96 bits per heavy atom. The van der Waals surface area contributed by atoms with Crippen molar-refractivity contribution in [1.29, 1.82) is 0 Å². The smallest absolute Gasteiger partial charge is 0.230 e. The van der Waals surface area contributed by atoms with Gasteiger partial charge in [-0.3, -0.25) is 4.79 Å². The number of carbonyl (C=O) groups excluding carboxylic acids is 1. The van der Waals surface area contributed by atoms with Gasteiger partial charge in [0, 0.05) is 17.0 Å². The summed E-state index contributed by atoms with van der Waals surface area (Å²) in [4.78, 5) is 17.0. The third-order valence-corrected chi connectivity index (χ3v) is 5.72. The summed E-state index contributed by atoms with van der Waals surface area (Å²) in [5, 5.41) is 5.41. The van der Waals surface area contributed by atoms with Crippen molar-refractivity contribution in [2.45, 2.75) is 25.7 Å². The summed E-state index contributed by atoms with van der Waals surface area (Å²) in [6.45, 7) is 0. The second kappa shape index (κ2) is 8.02. The normalized spacial score (nSPS) is 12.5. The standard InChI is InChI=1S/C22H22N2O3S/c1-26-17-8-9-18(20(12-17)27-2)19-13-28-22(23-19)24-21(25)11-14-6-7-15-4-3-5-16(15)10-14/h6-10,12-13H,3-5,11H2,1-2H3,(H,23,24,25). The van der Waals surface area contributed by atoms with Gasteiger partial charge in [-0.15, -0.1) is 11.3 Å². The van der Waals surface area contributed by atoms with Crippen LogP contribution in [0.3, 0.4) is 0 Å². The number of carbonyl (C=O) groups is 1. The number of rotatable bonds is 6. The molecule has 0 spiro atoms. The van der Waals surface area contributed by atoms with Gasteiger partial charge in [-0.05, 0) is 48.1 Å². The highest BCUT2D eigenvalue weighted by atomic mass is 32.1. The maximum Gasteiger partial charge on any atom is 0.230 e. The third-order valence-electron chi connectivity index (χ3n) is 4.96. The minimum Gasteiger partial charge on any atom is -0.497 e. The Hall–Kier alpha value is -2.86. The van der Waals surface area contributed by atoms with Gasteiger partial charge in [0.2, 0.25) is 5.91 Å². The number of ether oxygens (including phenoxy) is 2.